The normalized spacial score (nSPS) is 40.1. The van der Waals surface area contributed by atoms with Gasteiger partial charge in [-0.1, -0.05) is 32.4 Å². The molecule has 6 nitrogen and oxygen atoms in total. The van der Waals surface area contributed by atoms with Gasteiger partial charge in [0.1, 0.15) is 12.2 Å². The van der Waals surface area contributed by atoms with Gasteiger partial charge in [0.2, 0.25) is 0 Å². The Balaban J connectivity index is 1.65. The van der Waals surface area contributed by atoms with E-state index in [1.165, 1.54) is 33.3 Å². The highest BCUT2D eigenvalue weighted by molar-refractivity contribution is 5.69. The fraction of sp³-hybridized carbons (Fsp3) is 0.871. The van der Waals surface area contributed by atoms with Gasteiger partial charge in [-0.15, -0.1) is 0 Å². The van der Waals surface area contributed by atoms with Crippen LogP contribution in [0.15, 0.2) is 11.6 Å². The minimum Gasteiger partial charge on any atom is -0.469 e. The first-order valence-corrected chi connectivity index (χ1v) is 14.6. The van der Waals surface area contributed by atoms with Crippen LogP contribution in [0.4, 0.5) is 0 Å². The Morgan fingerprint density at radius 3 is 2.49 bits per heavy atom. The van der Waals surface area contributed by atoms with Gasteiger partial charge < -0.3 is 9.47 Å². The van der Waals surface area contributed by atoms with Crippen LogP contribution in [0.1, 0.15) is 106 Å². The van der Waals surface area contributed by atoms with E-state index in [1.807, 2.05) is 20.8 Å². The lowest BCUT2D eigenvalue weighted by Gasteiger charge is -2.58. The maximum Gasteiger partial charge on any atom is 0.305 e. The molecule has 0 aromatic carbocycles. The third-order valence-electron chi connectivity index (χ3n) is 10.6. The summed E-state index contributed by atoms with van der Waals surface area (Å²) in [5, 5.41) is 0. The van der Waals surface area contributed by atoms with E-state index in [0.29, 0.717) is 36.0 Å². The average molecular weight is 519 g/mol. The van der Waals surface area contributed by atoms with Crippen molar-refractivity contribution in [2.45, 2.75) is 124 Å². The molecule has 9 atom stereocenters. The molecular formula is C31H50O6. The van der Waals surface area contributed by atoms with Crippen molar-refractivity contribution in [3.05, 3.63) is 11.6 Å². The minimum absolute atomic E-state index is 0.0457. The topological polar surface area (TPSA) is 71.1 Å². The Morgan fingerprint density at radius 2 is 1.84 bits per heavy atom. The predicted octanol–water partition coefficient (Wildman–Crippen LogP) is 6.81. The summed E-state index contributed by atoms with van der Waals surface area (Å²) in [6, 6.07) is 0. The van der Waals surface area contributed by atoms with Crippen molar-refractivity contribution in [3.63, 3.8) is 0 Å². The van der Waals surface area contributed by atoms with Gasteiger partial charge in [0, 0.05) is 18.8 Å². The molecule has 0 heterocycles. The maximum absolute atomic E-state index is 11.9. The maximum atomic E-state index is 11.9. The first-order valence-electron chi connectivity index (χ1n) is 14.6. The smallest absolute Gasteiger partial charge is 0.305 e. The average Bonchev–Trinajstić information content (AvgIpc) is 3.18. The molecule has 0 N–H and O–H groups in total. The molecule has 4 rings (SSSR count). The van der Waals surface area contributed by atoms with Crippen LogP contribution in [0.3, 0.4) is 0 Å². The van der Waals surface area contributed by atoms with Gasteiger partial charge in [0.25, 0.3) is 0 Å². The lowest BCUT2D eigenvalue weighted by Crippen LogP contribution is -2.54. The molecule has 37 heavy (non-hydrogen) atoms. The summed E-state index contributed by atoms with van der Waals surface area (Å²) in [6.07, 6.45) is 11.3. The van der Waals surface area contributed by atoms with E-state index in [0.717, 1.165) is 32.1 Å². The summed E-state index contributed by atoms with van der Waals surface area (Å²) in [7, 11) is 1.47. The van der Waals surface area contributed by atoms with Crippen LogP contribution in [0.25, 0.3) is 0 Å². The van der Waals surface area contributed by atoms with Gasteiger partial charge in [-0.3, -0.25) is 9.59 Å². The van der Waals surface area contributed by atoms with E-state index in [9.17, 15) is 9.59 Å². The summed E-state index contributed by atoms with van der Waals surface area (Å²) in [5.74, 6) is 2.18. The van der Waals surface area contributed by atoms with Crippen molar-refractivity contribution in [2.75, 3.05) is 7.11 Å². The number of hydrogen-bond acceptors (Lipinski definition) is 6. The predicted molar refractivity (Wildman–Crippen MR) is 142 cm³/mol. The minimum atomic E-state index is -0.396. The summed E-state index contributed by atoms with van der Waals surface area (Å²) in [5.41, 5.74) is 1.23. The highest BCUT2D eigenvalue weighted by atomic mass is 17.2. The number of fused-ring (bicyclic) bond motifs is 5. The number of carbonyl (C=O) groups excluding carboxylic acids is 2. The molecule has 0 radical (unpaired) electrons. The molecule has 0 aromatic heterocycles. The van der Waals surface area contributed by atoms with E-state index in [2.05, 4.69) is 26.8 Å². The molecule has 210 valence electrons. The molecule has 6 heteroatoms. The van der Waals surface area contributed by atoms with E-state index in [1.54, 1.807) is 5.57 Å². The third kappa shape index (κ3) is 5.52. The van der Waals surface area contributed by atoms with Crippen LogP contribution in [-0.2, 0) is 28.8 Å². The molecule has 3 fully saturated rings. The Morgan fingerprint density at radius 1 is 1.11 bits per heavy atom. The number of esters is 2. The number of rotatable bonds is 7. The van der Waals surface area contributed by atoms with Gasteiger partial charge in [0.15, 0.2) is 0 Å². The van der Waals surface area contributed by atoms with Crippen molar-refractivity contribution in [1.82, 2.24) is 0 Å². The Hall–Kier alpha value is -1.40. The van der Waals surface area contributed by atoms with Gasteiger partial charge in [-0.2, -0.15) is 0 Å². The van der Waals surface area contributed by atoms with Gasteiger partial charge in [0.05, 0.1) is 12.7 Å². The number of methoxy groups -OCH3 is 1. The van der Waals surface area contributed by atoms with Crippen molar-refractivity contribution in [1.29, 1.82) is 0 Å². The van der Waals surface area contributed by atoms with Crippen LogP contribution < -0.4 is 0 Å². The van der Waals surface area contributed by atoms with Crippen LogP contribution in [0, 0.1) is 40.4 Å². The molecule has 0 spiro atoms. The fourth-order valence-corrected chi connectivity index (χ4v) is 8.74. The monoisotopic (exact) mass is 518 g/mol. The van der Waals surface area contributed by atoms with Crippen molar-refractivity contribution in [2.24, 2.45) is 40.4 Å². The van der Waals surface area contributed by atoms with Crippen LogP contribution in [0.2, 0.25) is 0 Å². The van der Waals surface area contributed by atoms with E-state index in [-0.39, 0.29) is 35.0 Å². The highest BCUT2D eigenvalue weighted by Gasteiger charge is 2.62. The van der Waals surface area contributed by atoms with Gasteiger partial charge in [-0.25, -0.2) is 9.78 Å². The SMILES string of the molecule is COC(=O)CC[C@@H](C)[C@H]1CC[C@H]2[C@@H]3CC[C@@H]4C[C@H](OC(C)=O)CC[C@]4(C)C3=CC(OOC(C)(C)C)[C@]12C. The zero-order chi connectivity index (χ0) is 27.2. The first kappa shape index (κ1) is 28.6. The van der Waals surface area contributed by atoms with Crippen LogP contribution >= 0.6 is 0 Å². The van der Waals surface area contributed by atoms with E-state index < -0.39 is 5.60 Å². The zero-order valence-corrected chi connectivity index (χ0v) is 24.4. The fourth-order valence-electron chi connectivity index (χ4n) is 8.74. The molecule has 0 amide bonds. The Labute approximate surface area is 224 Å². The third-order valence-corrected chi connectivity index (χ3v) is 10.6. The molecule has 0 saturated heterocycles. The first-order chi connectivity index (χ1) is 17.3. The standard InChI is InChI=1S/C31H50O6/c1-19(9-14-28(33)34-8)24-12-13-25-23-11-10-21-17-22(35-20(2)32)15-16-30(21,6)26(23)18-27(31(24,25)7)36-37-29(3,4)5/h18-19,21-25,27H,9-17H2,1-8H3/t19-,21-,22-,23+,24-,25+,27?,30+,31-/m1/s1. The van der Waals surface area contributed by atoms with Gasteiger partial charge >= 0.3 is 11.9 Å². The number of carbonyl (C=O) groups is 2. The van der Waals surface area contributed by atoms with E-state index in [4.69, 9.17) is 19.2 Å². The number of ether oxygens (including phenoxy) is 2. The molecular weight excluding hydrogens is 468 g/mol. The Bertz CT molecular complexity index is 889. The Kier molecular flexibility index (Phi) is 8.22. The molecule has 3 saturated carbocycles. The quantitative estimate of drug-likeness (QED) is 0.160. The molecule has 4 aliphatic rings. The van der Waals surface area contributed by atoms with Crippen LogP contribution in [-0.4, -0.2) is 36.9 Å². The van der Waals surface area contributed by atoms with E-state index >= 15 is 0 Å². The highest BCUT2D eigenvalue weighted by Crippen LogP contribution is 2.67. The zero-order valence-electron chi connectivity index (χ0n) is 24.4. The molecule has 1 unspecified atom stereocenters. The lowest BCUT2D eigenvalue weighted by molar-refractivity contribution is -0.385. The number of hydrogen-bond donors (Lipinski definition) is 0. The summed E-state index contributed by atoms with van der Waals surface area (Å²) < 4.78 is 10.6. The molecule has 0 bridgehead atoms. The lowest BCUT2D eigenvalue weighted by atomic mass is 9.47. The van der Waals surface area contributed by atoms with Gasteiger partial charge in [-0.05, 0) is 107 Å². The van der Waals surface area contributed by atoms with Crippen molar-refractivity contribution < 1.29 is 28.8 Å². The largest absolute Gasteiger partial charge is 0.469 e. The summed E-state index contributed by atoms with van der Waals surface area (Å²) >= 11 is 0. The molecule has 0 aromatic rings. The van der Waals surface area contributed by atoms with Crippen molar-refractivity contribution in [3.8, 4) is 0 Å². The molecule has 4 aliphatic carbocycles. The summed E-state index contributed by atoms with van der Waals surface area (Å²) in [6.45, 7) is 14.8. The summed E-state index contributed by atoms with van der Waals surface area (Å²) in [4.78, 5) is 36.0. The van der Waals surface area contributed by atoms with Crippen molar-refractivity contribution >= 4 is 11.9 Å². The van der Waals surface area contributed by atoms with Crippen LogP contribution in [0.5, 0.6) is 0 Å². The second kappa shape index (κ2) is 10.6. The second-order valence-electron chi connectivity index (χ2n) is 13.9. The second-order valence-corrected chi connectivity index (χ2v) is 13.9. The number of allylic oxidation sites excluding steroid dienone is 1. The molecule has 0 aliphatic heterocycles.